The van der Waals surface area contributed by atoms with Gasteiger partial charge in [-0.05, 0) is 18.2 Å². The van der Waals surface area contributed by atoms with Gasteiger partial charge in [-0.2, -0.15) is 13.5 Å². The van der Waals surface area contributed by atoms with Gasteiger partial charge in [-0.25, -0.2) is 5.14 Å². The van der Waals surface area contributed by atoms with Gasteiger partial charge < -0.3 is 5.32 Å². The van der Waals surface area contributed by atoms with Crippen LogP contribution in [0.1, 0.15) is 10.4 Å². The zero-order chi connectivity index (χ0) is 13.9. The minimum absolute atomic E-state index is 0.257. The van der Waals surface area contributed by atoms with E-state index >= 15 is 0 Å². The van der Waals surface area contributed by atoms with Gasteiger partial charge in [0, 0.05) is 11.9 Å². The Labute approximate surface area is 109 Å². The van der Waals surface area contributed by atoms with Crippen LogP contribution in [-0.2, 0) is 10.2 Å². The van der Waals surface area contributed by atoms with E-state index in [1.807, 2.05) is 0 Å². The molecule has 9 heteroatoms. The Morgan fingerprint density at radius 2 is 2.05 bits per heavy atom. The Bertz CT molecular complexity index is 681. The molecule has 100 valence electrons. The Morgan fingerprint density at radius 3 is 2.68 bits per heavy atom. The van der Waals surface area contributed by atoms with Crippen LogP contribution in [0.2, 0.25) is 0 Å². The highest BCUT2D eigenvalue weighted by Gasteiger charge is 2.08. The van der Waals surface area contributed by atoms with Crippen molar-refractivity contribution in [3.8, 4) is 0 Å². The van der Waals surface area contributed by atoms with Gasteiger partial charge >= 0.3 is 0 Å². The molecule has 0 spiro atoms. The third-order valence-electron chi connectivity index (χ3n) is 2.14. The summed E-state index contributed by atoms with van der Waals surface area (Å²) in [5, 5.41) is 13.6. The lowest BCUT2D eigenvalue weighted by Gasteiger charge is -2.07. The molecular weight excluding hydrogens is 270 g/mol. The van der Waals surface area contributed by atoms with Crippen LogP contribution in [0.15, 0.2) is 36.7 Å². The molecule has 2 aromatic rings. The third-order valence-corrected chi connectivity index (χ3v) is 2.66. The molecular formula is C10H11N5O3S. The highest BCUT2D eigenvalue weighted by Crippen LogP contribution is 2.16. The number of carbonyl (C=O) groups is 1. The Morgan fingerprint density at radius 1 is 1.32 bits per heavy atom. The summed E-state index contributed by atoms with van der Waals surface area (Å²) in [5.74, 6) is -0.360. The quantitative estimate of drug-likeness (QED) is 0.641. The number of hydrogen-bond acceptors (Lipinski definition) is 4. The van der Waals surface area contributed by atoms with E-state index in [9.17, 15) is 13.2 Å². The smallest absolute Gasteiger partial charge is 0.296 e. The van der Waals surface area contributed by atoms with Crippen LogP contribution in [-0.4, -0.2) is 24.5 Å². The minimum Gasteiger partial charge on any atom is -0.322 e. The fourth-order valence-electron chi connectivity index (χ4n) is 1.40. The van der Waals surface area contributed by atoms with Gasteiger partial charge in [-0.3, -0.25) is 14.6 Å². The van der Waals surface area contributed by atoms with Crippen LogP contribution >= 0.6 is 0 Å². The second kappa shape index (κ2) is 5.08. The van der Waals surface area contributed by atoms with Crippen LogP contribution < -0.4 is 15.2 Å². The molecule has 0 aliphatic rings. The second-order valence-electron chi connectivity index (χ2n) is 3.67. The molecule has 19 heavy (non-hydrogen) atoms. The summed E-state index contributed by atoms with van der Waals surface area (Å²) < 4.78 is 23.9. The van der Waals surface area contributed by atoms with Gasteiger partial charge in [0.25, 0.3) is 16.1 Å². The summed E-state index contributed by atoms with van der Waals surface area (Å²) in [5.41, 5.74) is 1.05. The van der Waals surface area contributed by atoms with Crippen molar-refractivity contribution in [2.75, 3.05) is 10.0 Å². The number of nitrogens with one attached hydrogen (secondary N) is 3. The molecule has 1 aromatic heterocycles. The zero-order valence-electron chi connectivity index (χ0n) is 9.62. The standard InChI is InChI=1S/C10H11N5O3S/c11-19(17,18)15-9-3-1-2-8(4-9)14-10(16)7-5-12-13-6-7/h1-6,15H,(H,12,13)(H,14,16)(H2,11,17,18). The number of hydrogen-bond donors (Lipinski definition) is 4. The molecule has 0 saturated carbocycles. The number of nitrogens with zero attached hydrogens (tertiary/aromatic N) is 1. The Kier molecular flexibility index (Phi) is 3.49. The number of nitrogens with two attached hydrogens (primary N) is 1. The third kappa shape index (κ3) is 3.79. The molecule has 2 rings (SSSR count). The number of benzene rings is 1. The zero-order valence-corrected chi connectivity index (χ0v) is 10.4. The van der Waals surface area contributed by atoms with Crippen molar-refractivity contribution < 1.29 is 13.2 Å². The predicted molar refractivity (Wildman–Crippen MR) is 69.7 cm³/mol. The highest BCUT2D eigenvalue weighted by atomic mass is 32.2. The van der Waals surface area contributed by atoms with E-state index in [0.717, 1.165) is 0 Å². The van der Waals surface area contributed by atoms with E-state index < -0.39 is 10.2 Å². The number of H-pyrrole nitrogens is 1. The number of amides is 1. The van der Waals surface area contributed by atoms with Crippen LogP contribution in [0, 0.1) is 0 Å². The number of aromatic nitrogens is 2. The first-order valence-electron chi connectivity index (χ1n) is 5.15. The lowest BCUT2D eigenvalue weighted by molar-refractivity contribution is 0.102. The van der Waals surface area contributed by atoms with Crippen molar-refractivity contribution in [1.82, 2.24) is 10.2 Å². The van der Waals surface area contributed by atoms with E-state index in [-0.39, 0.29) is 11.6 Å². The summed E-state index contributed by atoms with van der Waals surface area (Å²) in [6.07, 6.45) is 2.82. The topological polar surface area (TPSA) is 130 Å². The Hall–Kier alpha value is -2.39. The summed E-state index contributed by atoms with van der Waals surface area (Å²) >= 11 is 0. The molecule has 1 amide bonds. The van der Waals surface area contributed by atoms with Crippen molar-refractivity contribution in [2.24, 2.45) is 5.14 Å². The average Bonchev–Trinajstić information content (AvgIpc) is 2.80. The van der Waals surface area contributed by atoms with Gasteiger partial charge in [-0.15, -0.1) is 0 Å². The molecule has 0 aliphatic heterocycles. The lowest BCUT2D eigenvalue weighted by atomic mass is 10.2. The molecule has 0 saturated heterocycles. The van der Waals surface area contributed by atoms with Gasteiger partial charge in [-0.1, -0.05) is 6.07 Å². The van der Waals surface area contributed by atoms with E-state index in [0.29, 0.717) is 11.3 Å². The van der Waals surface area contributed by atoms with Gasteiger partial charge in [0.05, 0.1) is 17.4 Å². The second-order valence-corrected chi connectivity index (χ2v) is 4.96. The first-order chi connectivity index (χ1) is 8.94. The largest absolute Gasteiger partial charge is 0.322 e. The molecule has 0 atom stereocenters. The average molecular weight is 281 g/mol. The highest BCUT2D eigenvalue weighted by molar-refractivity contribution is 7.90. The van der Waals surface area contributed by atoms with Crippen LogP contribution in [0.4, 0.5) is 11.4 Å². The lowest BCUT2D eigenvalue weighted by Crippen LogP contribution is -2.21. The van der Waals surface area contributed by atoms with E-state index in [1.165, 1.54) is 24.5 Å². The molecule has 0 bridgehead atoms. The van der Waals surface area contributed by atoms with Crippen molar-refractivity contribution >= 4 is 27.5 Å². The predicted octanol–water partition coefficient (Wildman–Crippen LogP) is 0.277. The van der Waals surface area contributed by atoms with Gasteiger partial charge in [0.2, 0.25) is 0 Å². The molecule has 0 radical (unpaired) electrons. The normalized spacial score (nSPS) is 11.0. The molecule has 1 aromatic carbocycles. The maximum atomic E-state index is 11.7. The Balaban J connectivity index is 2.13. The number of carbonyl (C=O) groups excluding carboxylic acids is 1. The molecule has 0 fully saturated rings. The molecule has 0 aliphatic carbocycles. The van der Waals surface area contributed by atoms with Crippen molar-refractivity contribution in [2.45, 2.75) is 0 Å². The first kappa shape index (κ1) is 13.1. The van der Waals surface area contributed by atoms with E-state index in [4.69, 9.17) is 5.14 Å². The molecule has 0 unspecified atom stereocenters. The van der Waals surface area contributed by atoms with Gasteiger partial charge in [0.15, 0.2) is 0 Å². The van der Waals surface area contributed by atoms with Crippen molar-refractivity contribution in [1.29, 1.82) is 0 Å². The monoisotopic (exact) mass is 281 g/mol. The fourth-order valence-corrected chi connectivity index (χ4v) is 1.86. The van der Waals surface area contributed by atoms with Crippen molar-refractivity contribution in [3.63, 3.8) is 0 Å². The SMILES string of the molecule is NS(=O)(=O)Nc1cccc(NC(=O)c2cn[nH]c2)c1. The van der Waals surface area contributed by atoms with Gasteiger partial charge in [0.1, 0.15) is 0 Å². The van der Waals surface area contributed by atoms with E-state index in [1.54, 1.807) is 12.1 Å². The number of aromatic amines is 1. The van der Waals surface area contributed by atoms with Crippen LogP contribution in [0.3, 0.4) is 0 Å². The minimum atomic E-state index is -3.84. The summed E-state index contributed by atoms with van der Waals surface area (Å²) in [7, 11) is -3.84. The fraction of sp³-hybridized carbons (Fsp3) is 0. The number of rotatable bonds is 4. The maximum Gasteiger partial charge on any atom is 0.296 e. The summed E-state index contributed by atoms with van der Waals surface area (Å²) in [4.78, 5) is 11.7. The van der Waals surface area contributed by atoms with Crippen LogP contribution in [0.5, 0.6) is 0 Å². The van der Waals surface area contributed by atoms with Crippen LogP contribution in [0.25, 0.3) is 0 Å². The molecule has 8 nitrogen and oxygen atoms in total. The number of anilines is 2. The summed E-state index contributed by atoms with van der Waals surface area (Å²) in [6.45, 7) is 0. The maximum absolute atomic E-state index is 11.7. The summed E-state index contributed by atoms with van der Waals surface area (Å²) in [6, 6.07) is 6.16. The first-order valence-corrected chi connectivity index (χ1v) is 6.69. The van der Waals surface area contributed by atoms with E-state index in [2.05, 4.69) is 20.2 Å². The van der Waals surface area contributed by atoms with Crippen molar-refractivity contribution in [3.05, 3.63) is 42.2 Å². The molecule has 1 heterocycles. The molecule has 5 N–H and O–H groups in total.